The summed E-state index contributed by atoms with van der Waals surface area (Å²) in [6.45, 7) is 5.29. The van der Waals surface area contributed by atoms with E-state index in [4.69, 9.17) is 9.47 Å². The first-order chi connectivity index (χ1) is 15.0. The zero-order valence-electron chi connectivity index (χ0n) is 18.5. The smallest absolute Gasteiger partial charge is 0.248 e. The fraction of sp³-hybridized carbons (Fsp3) is 0.773. The molecule has 0 aromatic carbocycles. The van der Waals surface area contributed by atoms with Gasteiger partial charge in [0.25, 0.3) is 0 Å². The van der Waals surface area contributed by atoms with Crippen molar-refractivity contribution in [3.63, 3.8) is 0 Å². The molecule has 9 nitrogen and oxygen atoms in total. The Bertz CT molecular complexity index is 795. The first kappa shape index (κ1) is 21.1. The minimum Gasteiger partial charge on any atom is -0.375 e. The lowest BCUT2D eigenvalue weighted by Crippen LogP contribution is -2.50. The predicted octanol–water partition coefficient (Wildman–Crippen LogP) is 1.03. The Morgan fingerprint density at radius 3 is 2.74 bits per heavy atom. The number of fused-ring (bicyclic) bond motifs is 1. The number of nitrogens with zero attached hydrogens (tertiary/aromatic N) is 4. The van der Waals surface area contributed by atoms with E-state index in [1.165, 1.54) is 12.8 Å². The van der Waals surface area contributed by atoms with Gasteiger partial charge < -0.3 is 19.3 Å². The monoisotopic (exact) mass is 430 g/mol. The number of hydrogen-bond donors (Lipinski definition) is 2. The summed E-state index contributed by atoms with van der Waals surface area (Å²) in [5.74, 6) is 1.45. The van der Waals surface area contributed by atoms with Crippen molar-refractivity contribution in [3.05, 3.63) is 18.1 Å². The number of carbonyl (C=O) groups excluding carboxylic acids is 1. The number of nitrogens with one attached hydrogen (secondary N) is 2. The Hall–Kier alpha value is -1.81. The van der Waals surface area contributed by atoms with Crippen LogP contribution in [0.15, 0.2) is 12.4 Å². The Labute approximate surface area is 183 Å². The molecule has 2 saturated heterocycles. The molecule has 2 saturated carbocycles. The fourth-order valence-corrected chi connectivity index (χ4v) is 5.22. The van der Waals surface area contributed by atoms with Gasteiger partial charge in [-0.05, 0) is 39.0 Å². The van der Waals surface area contributed by atoms with Crippen LogP contribution in [0, 0.1) is 5.92 Å². The van der Waals surface area contributed by atoms with Gasteiger partial charge in [0.05, 0.1) is 23.4 Å². The number of anilines is 1. The summed E-state index contributed by atoms with van der Waals surface area (Å²) >= 11 is 0. The molecule has 4 unspecified atom stereocenters. The first-order valence-electron chi connectivity index (χ1n) is 11.6. The topological polar surface area (TPSA) is 91.9 Å². The summed E-state index contributed by atoms with van der Waals surface area (Å²) in [5, 5.41) is 0. The molecular weight excluding hydrogens is 396 g/mol. The van der Waals surface area contributed by atoms with Crippen LogP contribution >= 0.6 is 0 Å². The fourth-order valence-electron chi connectivity index (χ4n) is 5.22. The minimum absolute atomic E-state index is 0.0481. The van der Waals surface area contributed by atoms with Gasteiger partial charge in [0, 0.05) is 51.3 Å². The highest BCUT2D eigenvalue weighted by Gasteiger charge is 2.46. The number of methoxy groups -OCH3 is 1. The van der Waals surface area contributed by atoms with Crippen molar-refractivity contribution >= 4 is 11.7 Å². The number of hydrazine groups is 1. The molecule has 5 rings (SSSR count). The van der Waals surface area contributed by atoms with E-state index in [-0.39, 0.29) is 24.2 Å². The van der Waals surface area contributed by atoms with Gasteiger partial charge in [-0.3, -0.25) is 10.2 Å². The van der Waals surface area contributed by atoms with Gasteiger partial charge in [0.2, 0.25) is 5.91 Å². The van der Waals surface area contributed by atoms with Gasteiger partial charge in [0.1, 0.15) is 18.8 Å². The number of aromatic nitrogens is 2. The molecule has 2 aliphatic carbocycles. The van der Waals surface area contributed by atoms with Crippen LogP contribution in [-0.2, 0) is 14.3 Å². The second kappa shape index (κ2) is 8.61. The molecular formula is C22H34N6O3. The zero-order valence-corrected chi connectivity index (χ0v) is 18.5. The van der Waals surface area contributed by atoms with E-state index in [2.05, 4.69) is 38.7 Å². The molecule has 4 fully saturated rings. The van der Waals surface area contributed by atoms with Crippen molar-refractivity contribution in [2.45, 2.75) is 62.8 Å². The van der Waals surface area contributed by atoms with Gasteiger partial charge in [-0.15, -0.1) is 0 Å². The summed E-state index contributed by atoms with van der Waals surface area (Å²) in [6.07, 6.45) is 7.71. The van der Waals surface area contributed by atoms with Crippen molar-refractivity contribution in [2.75, 3.05) is 44.8 Å². The van der Waals surface area contributed by atoms with Gasteiger partial charge >= 0.3 is 0 Å². The van der Waals surface area contributed by atoms with Crippen LogP contribution in [0.3, 0.4) is 0 Å². The lowest BCUT2D eigenvalue weighted by molar-refractivity contribution is -0.135. The van der Waals surface area contributed by atoms with Gasteiger partial charge in [-0.25, -0.2) is 15.4 Å². The van der Waals surface area contributed by atoms with E-state index >= 15 is 0 Å². The summed E-state index contributed by atoms with van der Waals surface area (Å²) in [7, 11) is 1.56. The van der Waals surface area contributed by atoms with Crippen LogP contribution in [0.1, 0.15) is 50.8 Å². The quantitative estimate of drug-likeness (QED) is 0.692. The van der Waals surface area contributed by atoms with E-state index in [0.717, 1.165) is 43.9 Å². The third-order valence-corrected chi connectivity index (χ3v) is 7.33. The molecule has 3 heterocycles. The van der Waals surface area contributed by atoms with Crippen LogP contribution < -0.4 is 15.8 Å². The van der Waals surface area contributed by atoms with Gasteiger partial charge in [0.15, 0.2) is 0 Å². The SMILES string of the molecule is COCC(=O)N1CCN(c2cc(C3NNC4CCC(OC5(C)CC5)CC43)ncn2)CC1. The van der Waals surface area contributed by atoms with E-state index in [1.807, 2.05) is 4.90 Å². The number of carbonyl (C=O) groups is 1. The Balaban J connectivity index is 1.23. The van der Waals surface area contributed by atoms with Crippen molar-refractivity contribution in [1.82, 2.24) is 25.7 Å². The molecule has 2 N–H and O–H groups in total. The van der Waals surface area contributed by atoms with Crippen LogP contribution in [0.25, 0.3) is 0 Å². The third kappa shape index (κ3) is 4.55. The van der Waals surface area contributed by atoms with Gasteiger partial charge in [-0.2, -0.15) is 0 Å². The lowest BCUT2D eigenvalue weighted by atomic mass is 9.79. The molecule has 1 amide bonds. The highest BCUT2D eigenvalue weighted by molar-refractivity contribution is 5.77. The van der Waals surface area contributed by atoms with Crippen molar-refractivity contribution in [2.24, 2.45) is 5.92 Å². The maximum Gasteiger partial charge on any atom is 0.248 e. The summed E-state index contributed by atoms with van der Waals surface area (Å²) in [6, 6.07) is 2.74. The van der Waals surface area contributed by atoms with Crippen molar-refractivity contribution in [3.8, 4) is 0 Å². The molecule has 4 aliphatic rings. The van der Waals surface area contributed by atoms with E-state index < -0.39 is 0 Å². The molecule has 9 heteroatoms. The average molecular weight is 431 g/mol. The molecule has 31 heavy (non-hydrogen) atoms. The van der Waals surface area contributed by atoms with E-state index in [1.54, 1.807) is 13.4 Å². The molecule has 0 radical (unpaired) electrons. The molecule has 1 aromatic heterocycles. The molecule has 2 aliphatic heterocycles. The van der Waals surface area contributed by atoms with Gasteiger partial charge in [-0.1, -0.05) is 0 Å². The number of ether oxygens (including phenoxy) is 2. The second-order valence-electron chi connectivity index (χ2n) is 9.64. The number of rotatable bonds is 6. The number of hydrogen-bond acceptors (Lipinski definition) is 8. The largest absolute Gasteiger partial charge is 0.375 e. The van der Waals surface area contributed by atoms with Crippen LogP contribution in [0.4, 0.5) is 5.82 Å². The molecule has 0 spiro atoms. The van der Waals surface area contributed by atoms with Crippen LogP contribution in [-0.4, -0.2) is 78.4 Å². The molecule has 1 aromatic rings. The zero-order chi connectivity index (χ0) is 21.4. The lowest BCUT2D eigenvalue weighted by Gasteiger charge is -2.36. The summed E-state index contributed by atoms with van der Waals surface area (Å²) < 4.78 is 11.4. The maximum absolute atomic E-state index is 12.1. The predicted molar refractivity (Wildman–Crippen MR) is 115 cm³/mol. The summed E-state index contributed by atoms with van der Waals surface area (Å²) in [4.78, 5) is 25.3. The summed E-state index contributed by atoms with van der Waals surface area (Å²) in [5.41, 5.74) is 8.15. The van der Waals surface area contributed by atoms with Crippen LogP contribution in [0.2, 0.25) is 0 Å². The number of piperazine rings is 1. The standard InChI is InChI=1S/C22H34N6O3/c1-22(5-6-22)31-15-3-4-17-16(11-15)21(26-25-17)18-12-19(24-14-23-18)27-7-9-28(10-8-27)20(29)13-30-2/h12,14-17,21,25-26H,3-11,13H2,1-2H3. The maximum atomic E-state index is 12.1. The first-order valence-corrected chi connectivity index (χ1v) is 11.6. The average Bonchev–Trinajstić information content (AvgIpc) is 3.36. The van der Waals surface area contributed by atoms with E-state index in [9.17, 15) is 4.79 Å². The highest BCUT2D eigenvalue weighted by Crippen LogP contribution is 2.45. The Morgan fingerprint density at radius 2 is 2.00 bits per heavy atom. The van der Waals surface area contributed by atoms with E-state index in [0.29, 0.717) is 31.2 Å². The molecule has 0 bridgehead atoms. The normalized spacial score (nSPS) is 32.1. The van der Waals surface area contributed by atoms with Crippen molar-refractivity contribution in [1.29, 1.82) is 0 Å². The number of amides is 1. The highest BCUT2D eigenvalue weighted by atomic mass is 16.5. The second-order valence-corrected chi connectivity index (χ2v) is 9.64. The van der Waals surface area contributed by atoms with Crippen LogP contribution in [0.5, 0.6) is 0 Å². The third-order valence-electron chi connectivity index (χ3n) is 7.33. The Kier molecular flexibility index (Phi) is 5.85. The Morgan fingerprint density at radius 1 is 1.19 bits per heavy atom. The molecule has 4 atom stereocenters. The minimum atomic E-state index is 0.0481. The van der Waals surface area contributed by atoms with Crippen molar-refractivity contribution < 1.29 is 14.3 Å². The molecule has 170 valence electrons.